The Morgan fingerprint density at radius 3 is 1.57 bits per heavy atom. The minimum absolute atomic E-state index is 0.0500. The first-order valence-corrected chi connectivity index (χ1v) is 28.2. The second kappa shape index (κ2) is 21.1. The third-order valence-electron chi connectivity index (χ3n) is 11.9. The summed E-state index contributed by atoms with van der Waals surface area (Å²) in [6, 6.07) is 36.1. The van der Waals surface area contributed by atoms with Gasteiger partial charge >= 0.3 is 0 Å². The van der Waals surface area contributed by atoms with Crippen molar-refractivity contribution in [2.75, 3.05) is 37.9 Å². The highest BCUT2D eigenvalue weighted by Crippen LogP contribution is 2.58. The van der Waals surface area contributed by atoms with E-state index in [4.69, 9.17) is 35.0 Å². The lowest BCUT2D eigenvalue weighted by Crippen LogP contribution is -2.14. The van der Waals surface area contributed by atoms with Gasteiger partial charge in [0, 0.05) is 51.7 Å². The molecule has 0 radical (unpaired) electrons. The fourth-order valence-electron chi connectivity index (χ4n) is 8.57. The van der Waals surface area contributed by atoms with E-state index in [2.05, 4.69) is 108 Å². The Morgan fingerprint density at radius 2 is 1.11 bits per heavy atom. The number of rotatable bonds is 17. The van der Waals surface area contributed by atoms with E-state index in [0.29, 0.717) is 38.7 Å². The highest BCUT2D eigenvalue weighted by Gasteiger charge is 2.30. The first kappa shape index (κ1) is 47.4. The molecular formula is C56H43N3O7S6. The van der Waals surface area contributed by atoms with Gasteiger partial charge in [-0.05, 0) is 103 Å². The Hall–Kier alpha value is -6.89. The minimum atomic E-state index is -0.0500. The normalized spacial score (nSPS) is 13.3. The van der Waals surface area contributed by atoms with E-state index in [1.54, 1.807) is 62.8 Å². The van der Waals surface area contributed by atoms with Gasteiger partial charge in [0.2, 0.25) is 5.76 Å². The summed E-state index contributed by atoms with van der Waals surface area (Å²) in [7, 11) is 0. The molecule has 0 atom stereocenters. The Morgan fingerprint density at radius 1 is 0.639 bits per heavy atom. The molecule has 2 aliphatic rings. The maximum Gasteiger partial charge on any atom is 0.299 e. The van der Waals surface area contributed by atoms with E-state index >= 15 is 0 Å². The number of carbonyl (C=O) groups excluding carboxylic acids is 1. The number of thiophene rings is 6. The van der Waals surface area contributed by atoms with Gasteiger partial charge in [0.1, 0.15) is 38.2 Å². The molecule has 6 aromatic heterocycles. The quantitative estimate of drug-likeness (QED) is 0.0290. The van der Waals surface area contributed by atoms with Crippen molar-refractivity contribution in [3.05, 3.63) is 130 Å². The number of fused-ring (bicyclic) bond motifs is 4. The molecule has 0 fully saturated rings. The zero-order valence-electron chi connectivity index (χ0n) is 39.0. The average molecular weight is 1060 g/mol. The molecule has 8 heterocycles. The molecule has 0 N–H and O–H groups in total. The van der Waals surface area contributed by atoms with Crippen LogP contribution >= 0.6 is 68.0 Å². The fraction of sp³-hybridized carbons (Fsp3) is 0.196. The van der Waals surface area contributed by atoms with Crippen LogP contribution in [0.25, 0.3) is 76.2 Å². The summed E-state index contributed by atoms with van der Waals surface area (Å²) in [5.41, 5.74) is 5.70. The van der Waals surface area contributed by atoms with Crippen LogP contribution in [0.5, 0.6) is 28.7 Å². The topological polar surface area (TPSA) is 104 Å². The first-order chi connectivity index (χ1) is 35.4. The van der Waals surface area contributed by atoms with Crippen molar-refractivity contribution in [1.29, 1.82) is 5.26 Å². The van der Waals surface area contributed by atoms with Gasteiger partial charge in [0.15, 0.2) is 28.7 Å². The number of hydrogen-bond acceptors (Lipinski definition) is 15. The molecule has 11 rings (SSSR count). The Balaban J connectivity index is 0.908. The number of hydrogen-bond donors (Lipinski definition) is 0. The molecule has 0 saturated carbocycles. The monoisotopic (exact) mass is 1060 g/mol. The van der Waals surface area contributed by atoms with Crippen molar-refractivity contribution >= 4 is 123 Å². The zero-order chi connectivity index (χ0) is 49.1. The molecule has 0 unspecified atom stereocenters. The van der Waals surface area contributed by atoms with Crippen molar-refractivity contribution in [3.8, 4) is 75.2 Å². The summed E-state index contributed by atoms with van der Waals surface area (Å²) in [4.78, 5) is 24.9. The number of nitriles is 1. The molecule has 360 valence electrons. The Kier molecular flexibility index (Phi) is 13.9. The molecule has 0 spiro atoms. The van der Waals surface area contributed by atoms with Crippen LogP contribution in [0.4, 0.5) is 17.1 Å². The van der Waals surface area contributed by atoms with Gasteiger partial charge in [-0.1, -0.05) is 50.5 Å². The van der Waals surface area contributed by atoms with E-state index < -0.39 is 0 Å². The van der Waals surface area contributed by atoms with Crippen LogP contribution in [0.1, 0.15) is 49.3 Å². The largest absolute Gasteiger partial charge is 0.494 e. The number of ether oxygens (including phenoxy) is 6. The van der Waals surface area contributed by atoms with E-state index in [1.165, 1.54) is 33.6 Å². The summed E-state index contributed by atoms with van der Waals surface area (Å²) in [6.07, 6.45) is 8.11. The van der Waals surface area contributed by atoms with E-state index in [0.717, 1.165) is 118 Å². The molecule has 0 bridgehead atoms. The second-order valence-electron chi connectivity index (χ2n) is 16.8. The van der Waals surface area contributed by atoms with Crippen molar-refractivity contribution in [1.82, 2.24) is 0 Å². The van der Waals surface area contributed by atoms with Crippen LogP contribution in [-0.2, 0) is 9.53 Å². The highest BCUT2D eigenvalue weighted by molar-refractivity contribution is 7.32. The van der Waals surface area contributed by atoms with Crippen LogP contribution in [-0.4, -0.2) is 39.5 Å². The third kappa shape index (κ3) is 9.62. The summed E-state index contributed by atoms with van der Waals surface area (Å²) in [6.45, 7) is 14.3. The number of unbranched alkanes of at least 4 members (excludes halogenated alkanes) is 3. The standard InChI is InChI=1S/C56H43N3O7S6/c1-4-5-6-7-20-61-39-18-16-38(17-19-39)59(36-12-8-34(9-13-36)53-49-51(64-23-21-62-49)55(71-53)47-29-45-43(69-47)27-41(67-45)25-33(2)58-3)37-14-10-35(11-15-37)54-50-52(65-24-22-63-50)56(72-54)48-30-46-44(70-48)28-42(68-46)26-40(31-57)66-32-60/h8-19,25-30,32H,4-7,20-24H2,1-2H3/b33-25-,40-26+. The Labute approximate surface area is 440 Å². The smallest absolute Gasteiger partial charge is 0.299 e. The average Bonchev–Trinajstić information content (AvgIpc) is 4.28. The van der Waals surface area contributed by atoms with E-state index in [1.807, 2.05) is 25.1 Å². The Bertz CT molecular complexity index is 3530. The molecule has 10 nitrogen and oxygen atoms in total. The summed E-state index contributed by atoms with van der Waals surface area (Å²) in [5, 5.41) is 9.34. The summed E-state index contributed by atoms with van der Waals surface area (Å²) >= 11 is 9.96. The van der Waals surface area contributed by atoms with E-state index in [9.17, 15) is 10.1 Å². The molecule has 0 saturated heterocycles. The van der Waals surface area contributed by atoms with Gasteiger partial charge in [0.05, 0.1) is 42.4 Å². The van der Waals surface area contributed by atoms with Crippen LogP contribution in [0.3, 0.4) is 0 Å². The molecule has 0 amide bonds. The maximum absolute atomic E-state index is 10.8. The number of anilines is 3. The maximum atomic E-state index is 10.8. The summed E-state index contributed by atoms with van der Waals surface area (Å²) < 4.78 is 40.8. The lowest BCUT2D eigenvalue weighted by atomic mass is 10.1. The van der Waals surface area contributed by atoms with Gasteiger partial charge in [-0.3, -0.25) is 4.79 Å². The third-order valence-corrected chi connectivity index (χ3v) is 19.2. The van der Waals surface area contributed by atoms with Crippen molar-refractivity contribution in [2.24, 2.45) is 0 Å². The van der Waals surface area contributed by atoms with Gasteiger partial charge in [-0.15, -0.1) is 68.0 Å². The SMILES string of the molecule is [C-]#[N+]/C(C)=C\c1cc2sc(-c3sc(-c4ccc(N(c5ccc(OCCCCCC)cc5)c5ccc(-c6sc(-c7cc8sc(/C=C(\C#N)OC=O)cc8s7)c7c6OCCO7)cc5)cc4)c4c3OCCO4)cc2s1. The summed E-state index contributed by atoms with van der Waals surface area (Å²) in [5.74, 6) is 3.88. The number of nitrogens with zero attached hydrogens (tertiary/aromatic N) is 3. The zero-order valence-corrected chi connectivity index (χ0v) is 43.9. The molecule has 16 heteroatoms. The fourth-order valence-corrected chi connectivity index (χ4v) is 15.9. The molecule has 0 aliphatic carbocycles. The van der Waals surface area contributed by atoms with E-state index in [-0.39, 0.29) is 12.2 Å². The van der Waals surface area contributed by atoms with Crippen LogP contribution in [0, 0.1) is 17.9 Å². The first-order valence-electron chi connectivity index (χ1n) is 23.3. The number of benzene rings is 3. The molecule has 2 aliphatic heterocycles. The van der Waals surface area contributed by atoms with Crippen LogP contribution in [0.2, 0.25) is 0 Å². The second-order valence-corrected chi connectivity index (χ2v) is 23.2. The minimum Gasteiger partial charge on any atom is -0.494 e. The van der Waals surface area contributed by atoms with Crippen LogP contribution < -0.4 is 28.6 Å². The lowest BCUT2D eigenvalue weighted by molar-refractivity contribution is -0.124. The van der Waals surface area contributed by atoms with Crippen LogP contribution in [0.15, 0.2) is 109 Å². The van der Waals surface area contributed by atoms with Gasteiger partial charge in [0.25, 0.3) is 6.47 Å². The predicted octanol–water partition coefficient (Wildman–Crippen LogP) is 17.3. The van der Waals surface area contributed by atoms with Crippen molar-refractivity contribution < 1.29 is 33.2 Å². The van der Waals surface area contributed by atoms with Gasteiger partial charge < -0.3 is 33.3 Å². The highest BCUT2D eigenvalue weighted by atomic mass is 32.1. The molecule has 9 aromatic rings. The van der Waals surface area contributed by atoms with Crippen molar-refractivity contribution in [3.63, 3.8) is 0 Å². The van der Waals surface area contributed by atoms with Gasteiger partial charge in [-0.25, -0.2) is 4.85 Å². The lowest BCUT2D eigenvalue weighted by Gasteiger charge is -2.26. The predicted molar refractivity (Wildman–Crippen MR) is 298 cm³/mol. The number of carbonyl (C=O) groups is 1. The van der Waals surface area contributed by atoms with Crippen molar-refractivity contribution in [2.45, 2.75) is 39.5 Å². The number of allylic oxidation sites excluding steroid dienone is 2. The molecule has 3 aromatic carbocycles. The molecular weight excluding hydrogens is 1020 g/mol. The van der Waals surface area contributed by atoms with Gasteiger partial charge in [-0.2, -0.15) is 5.26 Å². The molecule has 72 heavy (non-hydrogen) atoms.